The van der Waals surface area contributed by atoms with Crippen LogP contribution in [-0.2, 0) is 11.3 Å². The van der Waals surface area contributed by atoms with E-state index in [1.165, 1.54) is 0 Å². The highest BCUT2D eigenvalue weighted by Gasteiger charge is 2.09. The minimum atomic E-state index is -0.211. The first kappa shape index (κ1) is 28.0. The smallest absolute Gasteiger partial charge is 0.262 e. The van der Waals surface area contributed by atoms with Gasteiger partial charge in [-0.2, -0.15) is 0 Å². The molecule has 168 valence electrons. The van der Waals surface area contributed by atoms with Gasteiger partial charge in [0, 0.05) is 12.2 Å². The third kappa shape index (κ3) is 10.2. The maximum absolute atomic E-state index is 12.1. The van der Waals surface area contributed by atoms with Gasteiger partial charge in [-0.15, -0.1) is 24.8 Å². The van der Waals surface area contributed by atoms with Crippen LogP contribution in [0.15, 0.2) is 42.5 Å². The molecule has 0 bridgehead atoms. The van der Waals surface area contributed by atoms with Crippen LogP contribution in [0.4, 0.5) is 5.69 Å². The molecule has 0 atom stereocenters. The number of rotatable bonds is 12. The van der Waals surface area contributed by atoms with E-state index in [1.54, 1.807) is 7.11 Å². The molecule has 2 rings (SSSR count). The molecule has 0 aromatic heterocycles. The molecule has 0 aliphatic heterocycles. The van der Waals surface area contributed by atoms with Crippen molar-refractivity contribution in [3.63, 3.8) is 0 Å². The number of methoxy groups -OCH3 is 1. The first-order chi connectivity index (χ1) is 13.6. The molecule has 8 heteroatoms. The Hall–Kier alpha value is -1.99. The van der Waals surface area contributed by atoms with Crippen molar-refractivity contribution in [3.05, 3.63) is 53.6 Å². The maximum atomic E-state index is 12.1. The summed E-state index contributed by atoms with van der Waals surface area (Å²) in [5.41, 5.74) is 3.00. The number of nitrogens with one attached hydrogen (secondary N) is 3. The molecule has 0 heterocycles. The van der Waals surface area contributed by atoms with Crippen LogP contribution in [0.3, 0.4) is 0 Å². The lowest BCUT2D eigenvalue weighted by atomic mass is 10.2. The Morgan fingerprint density at radius 2 is 1.67 bits per heavy atom. The fourth-order valence-electron chi connectivity index (χ4n) is 2.67. The normalized spacial score (nSPS) is 9.83. The third-order valence-corrected chi connectivity index (χ3v) is 4.21. The molecule has 0 aliphatic rings. The largest absolute Gasteiger partial charge is 0.493 e. The number of carbonyl (C=O) groups excluding carboxylic acids is 1. The Morgan fingerprint density at radius 1 is 0.967 bits per heavy atom. The minimum Gasteiger partial charge on any atom is -0.493 e. The molecule has 2 aromatic rings. The van der Waals surface area contributed by atoms with Gasteiger partial charge < -0.3 is 25.4 Å². The summed E-state index contributed by atoms with van der Waals surface area (Å²) < 4.78 is 11.1. The molecule has 2 aromatic carbocycles. The van der Waals surface area contributed by atoms with Crippen LogP contribution in [0, 0.1) is 6.92 Å². The van der Waals surface area contributed by atoms with Crippen LogP contribution in [0.1, 0.15) is 24.5 Å². The van der Waals surface area contributed by atoms with E-state index in [-0.39, 0.29) is 37.3 Å². The van der Waals surface area contributed by atoms with Gasteiger partial charge in [0.25, 0.3) is 5.91 Å². The summed E-state index contributed by atoms with van der Waals surface area (Å²) in [6.07, 6.45) is 1.09. The Kier molecular flexibility index (Phi) is 14.7. The highest BCUT2D eigenvalue weighted by atomic mass is 35.5. The quantitative estimate of drug-likeness (QED) is 0.420. The molecule has 0 spiro atoms. The molecular weight excluding hydrogens is 425 g/mol. The number of hydrogen-bond donors (Lipinski definition) is 3. The van der Waals surface area contributed by atoms with Crippen molar-refractivity contribution < 1.29 is 14.3 Å². The molecule has 0 unspecified atom stereocenters. The fraction of sp³-hybridized carbons (Fsp3) is 0.409. The van der Waals surface area contributed by atoms with E-state index in [1.807, 2.05) is 49.4 Å². The first-order valence-corrected chi connectivity index (χ1v) is 9.70. The monoisotopic (exact) mass is 457 g/mol. The number of benzene rings is 2. The van der Waals surface area contributed by atoms with Gasteiger partial charge in [0.2, 0.25) is 0 Å². The Labute approximate surface area is 191 Å². The Balaban J connectivity index is 0.00000420. The van der Waals surface area contributed by atoms with Crippen molar-refractivity contribution in [1.29, 1.82) is 0 Å². The summed E-state index contributed by atoms with van der Waals surface area (Å²) in [6, 6.07) is 13.4. The van der Waals surface area contributed by atoms with Crippen LogP contribution in [-0.4, -0.2) is 39.3 Å². The second-order valence-electron chi connectivity index (χ2n) is 6.57. The second kappa shape index (κ2) is 15.8. The molecule has 0 saturated carbocycles. The lowest BCUT2D eigenvalue weighted by molar-refractivity contribution is -0.118. The lowest BCUT2D eigenvalue weighted by Crippen LogP contribution is -2.21. The fourth-order valence-corrected chi connectivity index (χ4v) is 2.67. The van der Waals surface area contributed by atoms with Gasteiger partial charge in [-0.3, -0.25) is 4.79 Å². The van der Waals surface area contributed by atoms with E-state index < -0.39 is 0 Å². The topological polar surface area (TPSA) is 71.6 Å². The summed E-state index contributed by atoms with van der Waals surface area (Å²) >= 11 is 0. The van der Waals surface area contributed by atoms with Crippen molar-refractivity contribution >= 4 is 36.4 Å². The summed E-state index contributed by atoms with van der Waals surface area (Å²) in [4.78, 5) is 12.1. The van der Waals surface area contributed by atoms with Crippen molar-refractivity contribution in [1.82, 2.24) is 10.6 Å². The second-order valence-corrected chi connectivity index (χ2v) is 6.57. The van der Waals surface area contributed by atoms with E-state index in [2.05, 4.69) is 22.9 Å². The maximum Gasteiger partial charge on any atom is 0.262 e. The van der Waals surface area contributed by atoms with E-state index in [0.717, 1.165) is 49.4 Å². The Bertz CT molecular complexity index is 743. The van der Waals surface area contributed by atoms with E-state index in [0.29, 0.717) is 11.5 Å². The number of aryl methyl sites for hydroxylation is 1. The molecule has 1 amide bonds. The summed E-state index contributed by atoms with van der Waals surface area (Å²) in [5, 5.41) is 9.53. The highest BCUT2D eigenvalue weighted by molar-refractivity contribution is 5.91. The number of amides is 1. The van der Waals surface area contributed by atoms with Gasteiger partial charge in [-0.25, -0.2) is 0 Å². The predicted molar refractivity (Wildman–Crippen MR) is 128 cm³/mol. The van der Waals surface area contributed by atoms with Crippen LogP contribution in [0.25, 0.3) is 0 Å². The van der Waals surface area contributed by atoms with E-state index in [9.17, 15) is 4.79 Å². The van der Waals surface area contributed by atoms with Crippen LogP contribution in [0.5, 0.6) is 11.5 Å². The van der Waals surface area contributed by atoms with E-state index in [4.69, 9.17) is 9.47 Å². The van der Waals surface area contributed by atoms with Crippen LogP contribution in [0.2, 0.25) is 0 Å². The summed E-state index contributed by atoms with van der Waals surface area (Å²) in [5.74, 6) is 0.963. The summed E-state index contributed by atoms with van der Waals surface area (Å²) in [7, 11) is 1.60. The third-order valence-electron chi connectivity index (χ3n) is 4.21. The molecule has 0 saturated heterocycles. The van der Waals surface area contributed by atoms with E-state index >= 15 is 0 Å². The molecule has 3 N–H and O–H groups in total. The zero-order valence-corrected chi connectivity index (χ0v) is 19.5. The average Bonchev–Trinajstić information content (AvgIpc) is 2.71. The molecule has 0 radical (unpaired) electrons. The molecular formula is C22H33Cl2N3O3. The van der Waals surface area contributed by atoms with Crippen LogP contribution < -0.4 is 25.4 Å². The van der Waals surface area contributed by atoms with Crippen molar-refractivity contribution in [2.45, 2.75) is 26.8 Å². The zero-order valence-electron chi connectivity index (χ0n) is 17.8. The summed E-state index contributed by atoms with van der Waals surface area (Å²) in [6.45, 7) is 7.76. The minimum absolute atomic E-state index is 0. The number of hydrogen-bond acceptors (Lipinski definition) is 5. The lowest BCUT2D eigenvalue weighted by Gasteiger charge is -2.13. The van der Waals surface area contributed by atoms with Gasteiger partial charge >= 0.3 is 0 Å². The molecule has 6 nitrogen and oxygen atoms in total. The van der Waals surface area contributed by atoms with Gasteiger partial charge in [-0.05, 0) is 62.8 Å². The highest BCUT2D eigenvalue weighted by Crippen LogP contribution is 2.28. The van der Waals surface area contributed by atoms with Gasteiger partial charge in [0.15, 0.2) is 18.1 Å². The Morgan fingerprint density at radius 3 is 2.33 bits per heavy atom. The number of carbonyl (C=O) groups is 1. The first-order valence-electron chi connectivity index (χ1n) is 9.70. The van der Waals surface area contributed by atoms with Crippen LogP contribution >= 0.6 is 24.8 Å². The van der Waals surface area contributed by atoms with Crippen molar-refractivity contribution in [2.24, 2.45) is 0 Å². The van der Waals surface area contributed by atoms with Gasteiger partial charge in [-0.1, -0.05) is 30.7 Å². The molecule has 30 heavy (non-hydrogen) atoms. The zero-order chi connectivity index (χ0) is 20.2. The van der Waals surface area contributed by atoms with Gasteiger partial charge in [0.05, 0.1) is 7.11 Å². The van der Waals surface area contributed by atoms with Gasteiger partial charge in [0.1, 0.15) is 0 Å². The predicted octanol–water partition coefficient (Wildman–Crippen LogP) is 3.95. The number of halogens is 2. The SMILES string of the molecule is CCNCCCNCc1ccc(OCC(=O)Nc2ccc(C)cc2)c(OC)c1.Cl.Cl. The standard InChI is InChI=1S/C22H31N3O3.2ClH/c1-4-23-12-5-13-24-15-18-8-11-20(21(14-18)27-3)28-16-22(26)25-19-9-6-17(2)7-10-19;;/h6-11,14,23-24H,4-5,12-13,15-16H2,1-3H3,(H,25,26);2*1H. The van der Waals surface area contributed by atoms with Crippen molar-refractivity contribution in [2.75, 3.05) is 38.7 Å². The number of anilines is 1. The number of ether oxygens (including phenoxy) is 2. The average molecular weight is 458 g/mol. The molecule has 0 fully saturated rings. The molecule has 0 aliphatic carbocycles. The van der Waals surface area contributed by atoms with Crippen molar-refractivity contribution in [3.8, 4) is 11.5 Å².